The van der Waals surface area contributed by atoms with E-state index in [9.17, 15) is 5.11 Å². The van der Waals surface area contributed by atoms with Crippen LogP contribution in [0, 0.1) is 11.8 Å². The van der Waals surface area contributed by atoms with Crippen LogP contribution in [0.15, 0.2) is 0 Å². The molecule has 0 aromatic heterocycles. The summed E-state index contributed by atoms with van der Waals surface area (Å²) >= 11 is 0. The zero-order valence-electron chi connectivity index (χ0n) is 11.0. The van der Waals surface area contributed by atoms with Crippen molar-refractivity contribution in [1.29, 1.82) is 0 Å². The van der Waals surface area contributed by atoms with Crippen molar-refractivity contribution in [2.75, 3.05) is 26.2 Å². The Morgan fingerprint density at radius 2 is 1.94 bits per heavy atom. The Kier molecular flexibility index (Phi) is 3.18. The van der Waals surface area contributed by atoms with Gasteiger partial charge in [0.05, 0.1) is 11.6 Å². The summed E-state index contributed by atoms with van der Waals surface area (Å²) in [4.78, 5) is 2.59. The molecule has 2 N–H and O–H groups in total. The standard InChI is InChI=1S/C14H26N2O/c1-14(17)5-6-15-8-13(14)16-9-11-3-2-4-12(7-11)10-16/h11-13,15,17H,2-10H2,1H3. The smallest absolute Gasteiger partial charge is 0.0798 e. The molecule has 3 nitrogen and oxygen atoms in total. The topological polar surface area (TPSA) is 35.5 Å². The van der Waals surface area contributed by atoms with Crippen molar-refractivity contribution < 1.29 is 5.11 Å². The van der Waals surface area contributed by atoms with Crippen molar-refractivity contribution >= 4 is 0 Å². The van der Waals surface area contributed by atoms with Gasteiger partial charge in [-0.15, -0.1) is 0 Å². The number of nitrogens with one attached hydrogen (secondary N) is 1. The van der Waals surface area contributed by atoms with E-state index < -0.39 is 5.60 Å². The molecule has 3 heteroatoms. The van der Waals surface area contributed by atoms with Crippen LogP contribution < -0.4 is 5.32 Å². The average molecular weight is 238 g/mol. The molecule has 0 spiro atoms. The number of rotatable bonds is 1. The highest BCUT2D eigenvalue weighted by atomic mass is 16.3. The van der Waals surface area contributed by atoms with Crippen molar-refractivity contribution in [3.63, 3.8) is 0 Å². The van der Waals surface area contributed by atoms with Gasteiger partial charge in [-0.2, -0.15) is 0 Å². The van der Waals surface area contributed by atoms with E-state index in [4.69, 9.17) is 0 Å². The van der Waals surface area contributed by atoms with Gasteiger partial charge < -0.3 is 10.4 Å². The van der Waals surface area contributed by atoms with Gasteiger partial charge in [0.15, 0.2) is 0 Å². The maximum Gasteiger partial charge on any atom is 0.0798 e. The fraction of sp³-hybridized carbons (Fsp3) is 1.00. The molecular formula is C14H26N2O. The molecule has 4 unspecified atom stereocenters. The van der Waals surface area contributed by atoms with Gasteiger partial charge in [0.25, 0.3) is 0 Å². The summed E-state index contributed by atoms with van der Waals surface area (Å²) in [7, 11) is 0. The number of hydrogen-bond acceptors (Lipinski definition) is 3. The van der Waals surface area contributed by atoms with E-state index in [-0.39, 0.29) is 0 Å². The highest BCUT2D eigenvalue weighted by Gasteiger charge is 2.42. The van der Waals surface area contributed by atoms with Gasteiger partial charge in [0.1, 0.15) is 0 Å². The zero-order valence-corrected chi connectivity index (χ0v) is 11.0. The summed E-state index contributed by atoms with van der Waals surface area (Å²) in [5.74, 6) is 1.81. The average Bonchev–Trinajstić information content (AvgIpc) is 2.27. The van der Waals surface area contributed by atoms with Crippen LogP contribution in [0.2, 0.25) is 0 Å². The number of hydrogen-bond donors (Lipinski definition) is 2. The van der Waals surface area contributed by atoms with E-state index in [1.54, 1.807) is 0 Å². The lowest BCUT2D eigenvalue weighted by atomic mass is 9.76. The van der Waals surface area contributed by atoms with E-state index in [0.717, 1.165) is 31.3 Å². The molecule has 4 atom stereocenters. The fourth-order valence-electron chi connectivity index (χ4n) is 4.22. The second kappa shape index (κ2) is 4.52. The molecule has 3 fully saturated rings. The van der Waals surface area contributed by atoms with Crippen molar-refractivity contribution in [1.82, 2.24) is 10.2 Å². The molecule has 2 saturated heterocycles. The predicted octanol–water partition coefficient (Wildman–Crippen LogP) is 1.22. The molecule has 3 rings (SSSR count). The predicted molar refractivity (Wildman–Crippen MR) is 68.9 cm³/mol. The second-order valence-electron chi connectivity index (χ2n) is 6.68. The van der Waals surface area contributed by atoms with Crippen LogP contribution in [-0.2, 0) is 0 Å². The van der Waals surface area contributed by atoms with Crippen LogP contribution in [0.4, 0.5) is 0 Å². The van der Waals surface area contributed by atoms with Crippen molar-refractivity contribution in [2.24, 2.45) is 11.8 Å². The number of fused-ring (bicyclic) bond motifs is 2. The summed E-state index contributed by atoms with van der Waals surface area (Å²) < 4.78 is 0. The van der Waals surface area contributed by atoms with Crippen LogP contribution >= 0.6 is 0 Å². The Morgan fingerprint density at radius 3 is 2.59 bits per heavy atom. The number of likely N-dealkylation sites (tertiary alicyclic amines) is 1. The largest absolute Gasteiger partial charge is 0.388 e. The van der Waals surface area contributed by atoms with E-state index in [2.05, 4.69) is 10.2 Å². The highest BCUT2D eigenvalue weighted by Crippen LogP contribution is 2.37. The van der Waals surface area contributed by atoms with Gasteiger partial charge in [0, 0.05) is 19.6 Å². The Labute approximate surface area is 105 Å². The Bertz CT molecular complexity index is 267. The molecule has 2 heterocycles. The zero-order chi connectivity index (χ0) is 11.9. The maximum atomic E-state index is 10.6. The normalized spacial score (nSPS) is 48.0. The third-order valence-corrected chi connectivity index (χ3v) is 5.18. The molecular weight excluding hydrogens is 212 g/mol. The van der Waals surface area contributed by atoms with E-state index >= 15 is 0 Å². The fourth-order valence-corrected chi connectivity index (χ4v) is 4.22. The molecule has 0 radical (unpaired) electrons. The Hall–Kier alpha value is -0.120. The number of nitrogens with zero attached hydrogens (tertiary/aromatic N) is 1. The van der Waals surface area contributed by atoms with E-state index in [1.807, 2.05) is 6.92 Å². The third-order valence-electron chi connectivity index (χ3n) is 5.18. The Balaban J connectivity index is 1.70. The molecule has 17 heavy (non-hydrogen) atoms. The van der Waals surface area contributed by atoms with Gasteiger partial charge in [-0.25, -0.2) is 0 Å². The van der Waals surface area contributed by atoms with Gasteiger partial charge in [-0.3, -0.25) is 4.90 Å². The molecule has 3 aliphatic rings. The monoisotopic (exact) mass is 238 g/mol. The third kappa shape index (κ3) is 2.38. The molecule has 2 bridgehead atoms. The summed E-state index contributed by atoms with van der Waals surface area (Å²) in [6, 6.07) is 0.333. The minimum atomic E-state index is -0.489. The molecule has 98 valence electrons. The summed E-state index contributed by atoms with van der Waals surface area (Å²) in [6.45, 7) is 6.40. The van der Waals surface area contributed by atoms with E-state index in [0.29, 0.717) is 6.04 Å². The molecule has 0 aromatic rings. The van der Waals surface area contributed by atoms with Gasteiger partial charge in [0.2, 0.25) is 0 Å². The van der Waals surface area contributed by atoms with Crippen LogP contribution in [0.5, 0.6) is 0 Å². The van der Waals surface area contributed by atoms with Crippen LogP contribution in [0.25, 0.3) is 0 Å². The van der Waals surface area contributed by atoms with E-state index in [1.165, 1.54) is 38.8 Å². The SMILES string of the molecule is CC1(O)CCNCC1N1CC2CCCC(C2)C1. The number of aliphatic hydroxyl groups is 1. The second-order valence-corrected chi connectivity index (χ2v) is 6.68. The molecule has 0 amide bonds. The first-order valence-electron chi connectivity index (χ1n) is 7.32. The first kappa shape index (κ1) is 11.9. The minimum absolute atomic E-state index is 0.333. The first-order chi connectivity index (χ1) is 8.15. The number of piperidine rings is 2. The quantitative estimate of drug-likeness (QED) is 0.721. The maximum absolute atomic E-state index is 10.6. The Morgan fingerprint density at radius 1 is 1.24 bits per heavy atom. The van der Waals surface area contributed by atoms with Crippen LogP contribution in [-0.4, -0.2) is 47.8 Å². The van der Waals surface area contributed by atoms with Gasteiger partial charge in [-0.05, 0) is 51.0 Å². The highest BCUT2D eigenvalue weighted by molar-refractivity contribution is 4.98. The summed E-state index contributed by atoms with van der Waals surface area (Å²) in [6.07, 6.45) is 6.59. The van der Waals surface area contributed by atoms with Crippen LogP contribution in [0.1, 0.15) is 39.0 Å². The van der Waals surface area contributed by atoms with Crippen LogP contribution in [0.3, 0.4) is 0 Å². The van der Waals surface area contributed by atoms with Crippen molar-refractivity contribution in [3.8, 4) is 0 Å². The molecule has 1 saturated carbocycles. The lowest BCUT2D eigenvalue weighted by Crippen LogP contribution is -2.63. The van der Waals surface area contributed by atoms with Crippen molar-refractivity contribution in [2.45, 2.75) is 50.7 Å². The molecule has 0 aromatic carbocycles. The molecule has 1 aliphatic carbocycles. The summed E-state index contributed by atoms with van der Waals surface area (Å²) in [5.41, 5.74) is -0.489. The van der Waals surface area contributed by atoms with Gasteiger partial charge in [-0.1, -0.05) is 6.42 Å². The lowest BCUT2D eigenvalue weighted by Gasteiger charge is -2.50. The molecule has 2 aliphatic heterocycles. The summed E-state index contributed by atoms with van der Waals surface area (Å²) in [5, 5.41) is 14.0. The first-order valence-corrected chi connectivity index (χ1v) is 7.32. The van der Waals surface area contributed by atoms with Gasteiger partial charge >= 0.3 is 0 Å². The lowest BCUT2D eigenvalue weighted by molar-refractivity contribution is -0.0764. The minimum Gasteiger partial charge on any atom is -0.388 e. The van der Waals surface area contributed by atoms with Crippen molar-refractivity contribution in [3.05, 3.63) is 0 Å².